The number of nitrogens with zero attached hydrogens (tertiary/aromatic N) is 2. The normalized spacial score (nSPS) is 10.2. The predicted octanol–water partition coefficient (Wildman–Crippen LogP) is 2.33. The quantitative estimate of drug-likeness (QED) is 0.819. The van der Waals surface area contributed by atoms with Gasteiger partial charge in [0.25, 0.3) is 5.91 Å². The first kappa shape index (κ1) is 11.8. The molecule has 0 spiro atoms. The Morgan fingerprint density at radius 2 is 2.35 bits per heavy atom. The second kappa shape index (κ2) is 4.68. The summed E-state index contributed by atoms with van der Waals surface area (Å²) in [6.45, 7) is 1.85. The van der Waals surface area contributed by atoms with Crippen molar-refractivity contribution in [3.05, 3.63) is 34.1 Å². The van der Waals surface area contributed by atoms with Crippen LogP contribution >= 0.6 is 22.9 Å². The Labute approximate surface area is 107 Å². The van der Waals surface area contributed by atoms with Crippen molar-refractivity contribution in [2.24, 2.45) is 0 Å². The van der Waals surface area contributed by atoms with Gasteiger partial charge >= 0.3 is 0 Å². The summed E-state index contributed by atoms with van der Waals surface area (Å²) >= 11 is 7.06. The molecule has 0 radical (unpaired) electrons. The summed E-state index contributed by atoms with van der Waals surface area (Å²) < 4.78 is 0. The predicted molar refractivity (Wildman–Crippen MR) is 68.5 cm³/mol. The Hall–Kier alpha value is -1.66. The molecule has 3 N–H and O–H groups in total. The zero-order valence-corrected chi connectivity index (χ0v) is 10.5. The molecule has 2 aromatic heterocycles. The van der Waals surface area contributed by atoms with Gasteiger partial charge in [0.15, 0.2) is 5.13 Å². The zero-order valence-electron chi connectivity index (χ0n) is 8.90. The molecular formula is C10H9ClN4OS. The molecule has 0 unspecified atom stereocenters. The van der Waals surface area contributed by atoms with Gasteiger partial charge in [-0.2, -0.15) is 0 Å². The minimum absolute atomic E-state index is 0.222. The molecule has 17 heavy (non-hydrogen) atoms. The highest BCUT2D eigenvalue weighted by Gasteiger charge is 2.12. The van der Waals surface area contributed by atoms with Crippen LogP contribution in [0, 0.1) is 6.92 Å². The number of carbonyl (C=O) groups is 1. The van der Waals surface area contributed by atoms with Crippen LogP contribution in [0.25, 0.3) is 0 Å². The van der Waals surface area contributed by atoms with Crippen LogP contribution in [0.3, 0.4) is 0 Å². The number of hydrogen-bond acceptors (Lipinski definition) is 5. The van der Waals surface area contributed by atoms with E-state index in [4.69, 9.17) is 17.3 Å². The minimum Gasteiger partial charge on any atom is -0.397 e. The summed E-state index contributed by atoms with van der Waals surface area (Å²) in [6, 6.07) is 1.42. The number of anilines is 2. The highest BCUT2D eigenvalue weighted by molar-refractivity contribution is 7.13. The van der Waals surface area contributed by atoms with Gasteiger partial charge in [-0.05, 0) is 13.0 Å². The smallest absolute Gasteiger partial charge is 0.259 e. The molecule has 0 atom stereocenters. The Bertz CT molecular complexity index is 569. The number of rotatable bonds is 2. The van der Waals surface area contributed by atoms with Crippen LogP contribution in [0.1, 0.15) is 16.1 Å². The van der Waals surface area contributed by atoms with E-state index in [0.29, 0.717) is 5.13 Å². The number of nitrogens with one attached hydrogen (secondary N) is 1. The third-order valence-corrected chi connectivity index (χ3v) is 3.07. The number of halogens is 1. The lowest BCUT2D eigenvalue weighted by Crippen LogP contribution is -2.14. The first-order chi connectivity index (χ1) is 8.06. The number of carbonyl (C=O) groups excluding carboxylic acids is 1. The molecule has 2 aromatic rings. The molecule has 0 aliphatic rings. The molecule has 0 aliphatic carbocycles. The average Bonchev–Trinajstić information content (AvgIpc) is 2.67. The topological polar surface area (TPSA) is 80.9 Å². The second-order valence-corrected chi connectivity index (χ2v) is 4.59. The van der Waals surface area contributed by atoms with E-state index in [2.05, 4.69) is 15.3 Å². The van der Waals surface area contributed by atoms with Crippen molar-refractivity contribution in [3.63, 3.8) is 0 Å². The van der Waals surface area contributed by atoms with Crippen LogP contribution in [0.2, 0.25) is 5.15 Å². The average molecular weight is 269 g/mol. The van der Waals surface area contributed by atoms with Crippen LogP contribution in [0.5, 0.6) is 0 Å². The summed E-state index contributed by atoms with van der Waals surface area (Å²) in [6.07, 6.45) is 1.35. The van der Waals surface area contributed by atoms with Crippen LogP contribution in [-0.4, -0.2) is 15.9 Å². The highest BCUT2D eigenvalue weighted by atomic mass is 35.5. The van der Waals surface area contributed by atoms with Crippen molar-refractivity contribution < 1.29 is 4.79 Å². The van der Waals surface area contributed by atoms with E-state index >= 15 is 0 Å². The molecule has 0 aliphatic heterocycles. The lowest BCUT2D eigenvalue weighted by Gasteiger charge is -2.04. The van der Waals surface area contributed by atoms with E-state index in [-0.39, 0.29) is 22.3 Å². The standard InChI is InChI=1S/C10H9ClN4OS/c1-5-4-17-10(14-5)15-9(16)6-2-8(11)13-3-7(6)12/h2-4H,12H2,1H3,(H,14,15,16). The minimum atomic E-state index is -0.346. The monoisotopic (exact) mass is 268 g/mol. The Morgan fingerprint density at radius 3 is 3.00 bits per heavy atom. The molecular weight excluding hydrogens is 260 g/mol. The number of nitrogens with two attached hydrogens (primary N) is 1. The van der Waals surface area contributed by atoms with Crippen molar-refractivity contribution in [1.29, 1.82) is 0 Å². The number of amides is 1. The van der Waals surface area contributed by atoms with E-state index in [9.17, 15) is 4.79 Å². The van der Waals surface area contributed by atoms with Gasteiger partial charge in [-0.1, -0.05) is 11.6 Å². The summed E-state index contributed by atoms with van der Waals surface area (Å²) in [4.78, 5) is 19.8. The number of thiazole rings is 1. The molecule has 0 bridgehead atoms. The van der Waals surface area contributed by atoms with Crippen molar-refractivity contribution in [2.45, 2.75) is 6.92 Å². The summed E-state index contributed by atoms with van der Waals surface area (Å²) in [7, 11) is 0. The fourth-order valence-electron chi connectivity index (χ4n) is 1.21. The SMILES string of the molecule is Cc1csc(NC(=O)c2cc(Cl)ncc2N)n1. The first-order valence-corrected chi connectivity index (χ1v) is 5.96. The molecule has 0 fully saturated rings. The van der Waals surface area contributed by atoms with Gasteiger partial charge < -0.3 is 5.73 Å². The van der Waals surface area contributed by atoms with Crippen LogP contribution in [0.15, 0.2) is 17.6 Å². The van der Waals surface area contributed by atoms with Crippen molar-refractivity contribution in [1.82, 2.24) is 9.97 Å². The maximum atomic E-state index is 11.9. The summed E-state index contributed by atoms with van der Waals surface area (Å²) in [5.74, 6) is -0.346. The van der Waals surface area contributed by atoms with E-state index in [0.717, 1.165) is 5.69 Å². The summed E-state index contributed by atoms with van der Waals surface area (Å²) in [5, 5.41) is 5.24. The molecule has 1 amide bonds. The maximum absolute atomic E-state index is 11.9. The van der Waals surface area contributed by atoms with Crippen molar-refractivity contribution in [3.8, 4) is 0 Å². The zero-order chi connectivity index (χ0) is 12.4. The van der Waals surface area contributed by atoms with Gasteiger partial charge in [0, 0.05) is 5.38 Å². The lowest BCUT2D eigenvalue weighted by atomic mass is 10.2. The third-order valence-electron chi connectivity index (χ3n) is 1.99. The number of aryl methyl sites for hydroxylation is 1. The Morgan fingerprint density at radius 1 is 1.59 bits per heavy atom. The molecule has 0 saturated carbocycles. The van der Waals surface area contributed by atoms with E-state index in [1.165, 1.54) is 23.6 Å². The van der Waals surface area contributed by atoms with E-state index in [1.807, 2.05) is 12.3 Å². The van der Waals surface area contributed by atoms with Gasteiger partial charge in [-0.25, -0.2) is 9.97 Å². The van der Waals surface area contributed by atoms with Crippen LogP contribution in [0.4, 0.5) is 10.8 Å². The molecule has 7 heteroatoms. The van der Waals surface area contributed by atoms with E-state index < -0.39 is 0 Å². The van der Waals surface area contributed by atoms with Gasteiger partial charge in [-0.3, -0.25) is 10.1 Å². The molecule has 5 nitrogen and oxygen atoms in total. The lowest BCUT2D eigenvalue weighted by molar-refractivity contribution is 0.102. The maximum Gasteiger partial charge on any atom is 0.259 e. The van der Waals surface area contributed by atoms with Crippen LogP contribution in [-0.2, 0) is 0 Å². The highest BCUT2D eigenvalue weighted by Crippen LogP contribution is 2.19. The third kappa shape index (κ3) is 2.72. The Balaban J connectivity index is 2.22. The van der Waals surface area contributed by atoms with E-state index in [1.54, 1.807) is 0 Å². The molecule has 0 saturated heterocycles. The number of nitrogen functional groups attached to an aromatic ring is 1. The largest absolute Gasteiger partial charge is 0.397 e. The van der Waals surface area contributed by atoms with Gasteiger partial charge in [0.1, 0.15) is 5.15 Å². The number of hydrogen-bond donors (Lipinski definition) is 2. The molecule has 2 heterocycles. The molecule has 2 rings (SSSR count). The van der Waals surface area contributed by atoms with Gasteiger partial charge in [0.05, 0.1) is 23.1 Å². The van der Waals surface area contributed by atoms with Crippen molar-refractivity contribution >= 4 is 39.7 Å². The second-order valence-electron chi connectivity index (χ2n) is 3.34. The number of pyridine rings is 1. The first-order valence-electron chi connectivity index (χ1n) is 4.71. The van der Waals surface area contributed by atoms with Gasteiger partial charge in [-0.15, -0.1) is 11.3 Å². The van der Waals surface area contributed by atoms with Crippen LogP contribution < -0.4 is 11.1 Å². The fraction of sp³-hybridized carbons (Fsp3) is 0.100. The number of aromatic nitrogens is 2. The summed E-state index contributed by atoms with van der Waals surface area (Å²) in [5.41, 5.74) is 7.07. The fourth-order valence-corrected chi connectivity index (χ4v) is 2.05. The molecule has 0 aromatic carbocycles. The van der Waals surface area contributed by atoms with Gasteiger partial charge in [0.2, 0.25) is 0 Å². The molecule has 88 valence electrons. The Kier molecular flexibility index (Phi) is 3.26. The van der Waals surface area contributed by atoms with Crippen molar-refractivity contribution in [2.75, 3.05) is 11.1 Å².